The molecule has 1 aliphatic heterocycles. The molecule has 1 saturated heterocycles. The number of piperazine rings is 1. The van der Waals surface area contributed by atoms with E-state index < -0.39 is 0 Å². The summed E-state index contributed by atoms with van der Waals surface area (Å²) in [6, 6.07) is 11.8. The van der Waals surface area contributed by atoms with Crippen LogP contribution in [0, 0.1) is 0 Å². The zero-order valence-electron chi connectivity index (χ0n) is 14.4. The molecule has 4 nitrogen and oxygen atoms in total. The van der Waals surface area contributed by atoms with Crippen LogP contribution in [0.25, 0.3) is 0 Å². The molecule has 0 unspecified atom stereocenters. The number of ketones is 1. The first-order valence-corrected chi connectivity index (χ1v) is 10.1. The molecule has 2 aromatic rings. The predicted octanol–water partition coefficient (Wildman–Crippen LogP) is 3.91. The second kappa shape index (κ2) is 8.94. The number of hydrogen-bond acceptors (Lipinski definition) is 5. The number of Topliss-reactive ketones (excluding diaryl/α,β-unsaturated/α-hetero) is 1. The summed E-state index contributed by atoms with van der Waals surface area (Å²) in [7, 11) is 0. The zero-order chi connectivity index (χ0) is 17.6. The summed E-state index contributed by atoms with van der Waals surface area (Å²) in [6.45, 7) is 8.40. The smallest absolute Gasteiger partial charge is 0.163 e. The number of halogens is 1. The Kier molecular flexibility index (Phi) is 6.64. The van der Waals surface area contributed by atoms with Crippen LogP contribution in [0.3, 0.4) is 0 Å². The fraction of sp³-hybridized carbons (Fsp3) is 0.421. The Morgan fingerprint density at radius 3 is 2.52 bits per heavy atom. The summed E-state index contributed by atoms with van der Waals surface area (Å²) in [5.74, 6) is 0.737. The minimum Gasteiger partial charge on any atom is -0.491 e. The van der Waals surface area contributed by atoms with Crippen LogP contribution >= 0.6 is 27.3 Å². The van der Waals surface area contributed by atoms with Gasteiger partial charge >= 0.3 is 0 Å². The van der Waals surface area contributed by atoms with E-state index in [4.69, 9.17) is 4.74 Å². The first-order chi connectivity index (χ1) is 12.1. The van der Waals surface area contributed by atoms with E-state index in [2.05, 4.69) is 37.9 Å². The fourth-order valence-electron chi connectivity index (χ4n) is 3.00. The summed E-state index contributed by atoms with van der Waals surface area (Å²) in [4.78, 5) is 18.0. The molecule has 0 bridgehead atoms. The van der Waals surface area contributed by atoms with Gasteiger partial charge in [0.15, 0.2) is 5.78 Å². The van der Waals surface area contributed by atoms with Crippen LogP contribution in [-0.4, -0.2) is 54.9 Å². The van der Waals surface area contributed by atoms with Crippen molar-refractivity contribution in [1.29, 1.82) is 0 Å². The zero-order valence-corrected chi connectivity index (χ0v) is 16.8. The monoisotopic (exact) mass is 422 g/mol. The van der Waals surface area contributed by atoms with Gasteiger partial charge in [-0.25, -0.2) is 0 Å². The highest BCUT2D eigenvalue weighted by Crippen LogP contribution is 2.23. The molecule has 0 radical (unpaired) electrons. The quantitative estimate of drug-likeness (QED) is 0.633. The summed E-state index contributed by atoms with van der Waals surface area (Å²) < 4.78 is 7.05. The maximum absolute atomic E-state index is 11.6. The van der Waals surface area contributed by atoms with Crippen LogP contribution < -0.4 is 4.74 Å². The molecule has 6 heteroatoms. The Morgan fingerprint density at radius 2 is 1.84 bits per heavy atom. The van der Waals surface area contributed by atoms with Crippen molar-refractivity contribution in [3.8, 4) is 5.75 Å². The topological polar surface area (TPSA) is 32.8 Å². The van der Waals surface area contributed by atoms with Gasteiger partial charge in [0.1, 0.15) is 12.4 Å². The largest absolute Gasteiger partial charge is 0.491 e. The Balaban J connectivity index is 1.40. The molecule has 0 atom stereocenters. The number of ether oxygens (including phenoxy) is 1. The molecule has 0 amide bonds. The summed E-state index contributed by atoms with van der Waals surface area (Å²) in [6.07, 6.45) is 0. The van der Waals surface area contributed by atoms with E-state index in [9.17, 15) is 4.79 Å². The van der Waals surface area contributed by atoms with Crippen molar-refractivity contribution in [1.82, 2.24) is 9.80 Å². The standard InChI is InChI=1S/C19H23BrN2O2S/c1-15(23)17-4-2-3-5-18(17)24-13-12-21-8-10-22(11-9-21)14-16-6-7-19(20)25-16/h2-7H,8-14H2,1H3. The van der Waals surface area contributed by atoms with Crippen LogP contribution in [0.1, 0.15) is 22.2 Å². The lowest BCUT2D eigenvalue weighted by molar-refractivity contribution is 0.100. The van der Waals surface area contributed by atoms with E-state index >= 15 is 0 Å². The predicted molar refractivity (Wildman–Crippen MR) is 106 cm³/mol. The van der Waals surface area contributed by atoms with Gasteiger partial charge in [0.25, 0.3) is 0 Å². The number of carbonyl (C=O) groups excluding carboxylic acids is 1. The van der Waals surface area contributed by atoms with Crippen molar-refractivity contribution in [2.45, 2.75) is 13.5 Å². The van der Waals surface area contributed by atoms with Gasteiger partial charge in [0, 0.05) is 44.1 Å². The van der Waals surface area contributed by atoms with Crippen molar-refractivity contribution in [3.05, 3.63) is 50.6 Å². The molecule has 1 aromatic heterocycles. The van der Waals surface area contributed by atoms with Gasteiger partial charge in [-0.2, -0.15) is 0 Å². The third-order valence-electron chi connectivity index (χ3n) is 4.40. The summed E-state index contributed by atoms with van der Waals surface area (Å²) >= 11 is 5.34. The van der Waals surface area contributed by atoms with Crippen molar-refractivity contribution in [2.75, 3.05) is 39.3 Å². The Hall–Kier alpha value is -1.21. The van der Waals surface area contributed by atoms with Crippen LogP contribution in [0.5, 0.6) is 5.75 Å². The normalized spacial score (nSPS) is 16.1. The number of hydrogen-bond donors (Lipinski definition) is 0. The highest BCUT2D eigenvalue weighted by atomic mass is 79.9. The van der Waals surface area contributed by atoms with Gasteiger partial charge in [-0.3, -0.25) is 14.6 Å². The average molecular weight is 423 g/mol. The van der Waals surface area contributed by atoms with Gasteiger partial charge in [0.2, 0.25) is 0 Å². The maximum Gasteiger partial charge on any atom is 0.163 e. The van der Waals surface area contributed by atoms with Gasteiger partial charge < -0.3 is 4.74 Å². The highest BCUT2D eigenvalue weighted by molar-refractivity contribution is 9.11. The molecule has 2 heterocycles. The van der Waals surface area contributed by atoms with Crippen molar-refractivity contribution in [3.63, 3.8) is 0 Å². The fourth-order valence-corrected chi connectivity index (χ4v) is 4.52. The second-order valence-corrected chi connectivity index (χ2v) is 8.77. The molecular weight excluding hydrogens is 400 g/mol. The van der Waals surface area contributed by atoms with Crippen molar-refractivity contribution in [2.24, 2.45) is 0 Å². The molecular formula is C19H23BrN2O2S. The number of nitrogens with zero attached hydrogens (tertiary/aromatic N) is 2. The van der Waals surface area contributed by atoms with Crippen molar-refractivity contribution < 1.29 is 9.53 Å². The lowest BCUT2D eigenvalue weighted by Crippen LogP contribution is -2.46. The molecule has 134 valence electrons. The number of para-hydroxylation sites is 1. The van der Waals surface area contributed by atoms with Crippen LogP contribution in [0.4, 0.5) is 0 Å². The molecule has 0 N–H and O–H groups in total. The van der Waals surface area contributed by atoms with Gasteiger partial charge in [-0.15, -0.1) is 11.3 Å². The highest BCUT2D eigenvalue weighted by Gasteiger charge is 2.17. The third-order valence-corrected chi connectivity index (χ3v) is 6.01. The van der Waals surface area contributed by atoms with E-state index in [0.717, 1.165) is 39.3 Å². The van der Waals surface area contributed by atoms with E-state index in [1.165, 1.54) is 8.66 Å². The third kappa shape index (κ3) is 5.38. The minimum absolute atomic E-state index is 0.0458. The second-order valence-electron chi connectivity index (χ2n) is 6.22. The van der Waals surface area contributed by atoms with E-state index in [1.54, 1.807) is 6.92 Å². The van der Waals surface area contributed by atoms with E-state index in [1.807, 2.05) is 35.6 Å². The van der Waals surface area contributed by atoms with Crippen LogP contribution in [0.2, 0.25) is 0 Å². The molecule has 0 aliphatic carbocycles. The lowest BCUT2D eigenvalue weighted by Gasteiger charge is -2.34. The van der Waals surface area contributed by atoms with Crippen LogP contribution in [-0.2, 0) is 6.54 Å². The Labute approximate surface area is 161 Å². The Morgan fingerprint density at radius 1 is 1.12 bits per heavy atom. The molecule has 1 aromatic carbocycles. The molecule has 1 aliphatic rings. The number of thiophene rings is 1. The van der Waals surface area contributed by atoms with Gasteiger partial charge in [-0.1, -0.05) is 12.1 Å². The molecule has 3 rings (SSSR count). The number of carbonyl (C=O) groups is 1. The molecule has 25 heavy (non-hydrogen) atoms. The first-order valence-electron chi connectivity index (χ1n) is 8.53. The number of rotatable bonds is 7. The average Bonchev–Trinajstić information content (AvgIpc) is 3.01. The molecule has 0 saturated carbocycles. The lowest BCUT2D eigenvalue weighted by atomic mass is 10.1. The van der Waals surface area contributed by atoms with Gasteiger partial charge in [0.05, 0.1) is 9.35 Å². The SMILES string of the molecule is CC(=O)c1ccccc1OCCN1CCN(Cc2ccc(Br)s2)CC1. The number of benzene rings is 1. The van der Waals surface area contributed by atoms with E-state index in [0.29, 0.717) is 17.9 Å². The molecule has 1 fully saturated rings. The maximum atomic E-state index is 11.6. The van der Waals surface area contributed by atoms with Crippen molar-refractivity contribution >= 4 is 33.0 Å². The summed E-state index contributed by atoms with van der Waals surface area (Å²) in [5.41, 5.74) is 0.662. The molecule has 0 spiro atoms. The van der Waals surface area contributed by atoms with Crippen LogP contribution in [0.15, 0.2) is 40.2 Å². The first kappa shape index (κ1) is 18.6. The van der Waals surface area contributed by atoms with Gasteiger partial charge in [-0.05, 0) is 47.1 Å². The summed E-state index contributed by atoms with van der Waals surface area (Å²) in [5, 5.41) is 0. The van der Waals surface area contributed by atoms with E-state index in [-0.39, 0.29) is 5.78 Å². The minimum atomic E-state index is 0.0458. The Bertz CT molecular complexity index is 711.